The Morgan fingerprint density at radius 3 is 1.66 bits per heavy atom. The molecule has 53 heavy (non-hydrogen) atoms. The van der Waals surface area contributed by atoms with Crippen LogP contribution < -0.4 is 9.80 Å². The third kappa shape index (κ3) is 6.58. The second-order valence-electron chi connectivity index (χ2n) is 14.8. The average Bonchev–Trinajstić information content (AvgIpc) is 3.22. The van der Waals surface area contributed by atoms with Gasteiger partial charge in [0, 0.05) is 41.0 Å². The number of para-hydroxylation sites is 2. The second-order valence-corrected chi connectivity index (χ2v) is 14.8. The molecule has 1 fully saturated rings. The summed E-state index contributed by atoms with van der Waals surface area (Å²) < 4.78 is 0. The van der Waals surface area contributed by atoms with Gasteiger partial charge in [0.05, 0.1) is 0 Å². The Labute approximate surface area is 314 Å². The molecule has 2 atom stereocenters. The van der Waals surface area contributed by atoms with E-state index in [1.807, 2.05) is 0 Å². The van der Waals surface area contributed by atoms with Crippen molar-refractivity contribution in [3.8, 4) is 33.4 Å². The van der Waals surface area contributed by atoms with Crippen LogP contribution in [0.5, 0.6) is 0 Å². The predicted molar refractivity (Wildman–Crippen MR) is 226 cm³/mol. The lowest BCUT2D eigenvalue weighted by Gasteiger charge is -2.34. The summed E-state index contributed by atoms with van der Waals surface area (Å²) in [6, 6.07) is 63.9. The van der Waals surface area contributed by atoms with E-state index in [4.69, 9.17) is 0 Å². The van der Waals surface area contributed by atoms with Gasteiger partial charge in [0.2, 0.25) is 0 Å². The first kappa shape index (κ1) is 32.8. The van der Waals surface area contributed by atoms with Gasteiger partial charge in [-0.1, -0.05) is 134 Å². The summed E-state index contributed by atoms with van der Waals surface area (Å²) in [7, 11) is 2.14. The zero-order valence-corrected chi connectivity index (χ0v) is 30.5. The number of anilines is 5. The van der Waals surface area contributed by atoms with Crippen molar-refractivity contribution in [2.75, 3.05) is 16.8 Å². The van der Waals surface area contributed by atoms with Crippen LogP contribution in [0.15, 0.2) is 181 Å². The maximum absolute atomic E-state index is 2.47. The van der Waals surface area contributed by atoms with E-state index in [-0.39, 0.29) is 0 Å². The number of nitrogens with zero attached hydrogens (tertiary/aromatic N) is 2. The van der Waals surface area contributed by atoms with Gasteiger partial charge in [0.15, 0.2) is 0 Å². The molecule has 2 bridgehead atoms. The quantitative estimate of drug-likeness (QED) is 0.157. The summed E-state index contributed by atoms with van der Waals surface area (Å²) in [6.45, 7) is 2.40. The molecule has 2 heteroatoms. The van der Waals surface area contributed by atoms with Crippen molar-refractivity contribution in [1.82, 2.24) is 0 Å². The fraction of sp³-hybridized carbons (Fsp3) is 0.137. The molecule has 0 radical (unpaired) electrons. The normalized spacial score (nSPS) is 16.0. The van der Waals surface area contributed by atoms with Crippen LogP contribution in [-0.4, -0.2) is 7.05 Å². The van der Waals surface area contributed by atoms with E-state index in [0.717, 1.165) is 28.7 Å². The first-order valence-electron chi connectivity index (χ1n) is 18.9. The second kappa shape index (κ2) is 14.1. The number of benzene rings is 7. The van der Waals surface area contributed by atoms with Gasteiger partial charge in [-0.25, -0.2) is 0 Å². The van der Waals surface area contributed by atoms with Crippen molar-refractivity contribution in [3.63, 3.8) is 0 Å². The van der Waals surface area contributed by atoms with Gasteiger partial charge in [0.25, 0.3) is 0 Å². The molecule has 0 heterocycles. The van der Waals surface area contributed by atoms with Gasteiger partial charge in [0.1, 0.15) is 0 Å². The van der Waals surface area contributed by atoms with Crippen molar-refractivity contribution in [2.45, 2.75) is 32.1 Å². The van der Waals surface area contributed by atoms with E-state index in [1.54, 1.807) is 5.57 Å². The van der Waals surface area contributed by atoms with Crippen molar-refractivity contribution < 1.29 is 0 Å². The first-order valence-corrected chi connectivity index (χ1v) is 18.9. The molecule has 0 N–H and O–H groups in total. The van der Waals surface area contributed by atoms with E-state index in [9.17, 15) is 0 Å². The maximum atomic E-state index is 2.47. The number of allylic oxidation sites excluding steroid dienone is 1. The molecule has 2 aliphatic carbocycles. The van der Waals surface area contributed by atoms with E-state index in [2.05, 4.69) is 206 Å². The molecule has 258 valence electrons. The lowest BCUT2D eigenvalue weighted by molar-refractivity contribution is 0.404. The Morgan fingerprint density at radius 1 is 0.472 bits per heavy atom. The van der Waals surface area contributed by atoms with Gasteiger partial charge < -0.3 is 9.80 Å². The molecule has 0 aromatic heterocycles. The molecule has 7 aromatic carbocycles. The standard InChI is InChI=1S/C51H44N2/c1-36-31-37-33-43(32-36)49-30-23-42(35-44(49)34-37)40-21-28-48(29-22-40)53(46-13-7-4-8-14-46)47-26-19-39(20-27-47)38-17-24-45(25-18-38)52(2)51-16-10-9-15-50(51)41-11-5-3-6-12-41/h3-30,34-36,43H,31-33H2,1-2H3. The molecular weight excluding hydrogens is 641 g/mol. The highest BCUT2D eigenvalue weighted by atomic mass is 15.1. The van der Waals surface area contributed by atoms with Gasteiger partial charge in [-0.3, -0.25) is 0 Å². The molecular formula is C51H44N2. The van der Waals surface area contributed by atoms with Gasteiger partial charge >= 0.3 is 0 Å². The molecule has 2 nitrogen and oxygen atoms in total. The topological polar surface area (TPSA) is 6.48 Å². The number of hydrogen-bond donors (Lipinski definition) is 0. The molecule has 0 aliphatic heterocycles. The predicted octanol–water partition coefficient (Wildman–Crippen LogP) is 14.2. The Hall–Kier alpha value is -6.12. The van der Waals surface area contributed by atoms with Crippen LogP contribution in [0.1, 0.15) is 43.2 Å². The highest BCUT2D eigenvalue weighted by Gasteiger charge is 2.28. The summed E-state index contributed by atoms with van der Waals surface area (Å²) in [4.78, 5) is 4.61. The van der Waals surface area contributed by atoms with E-state index < -0.39 is 0 Å². The Bertz CT molecular complexity index is 2370. The van der Waals surface area contributed by atoms with Gasteiger partial charge in [-0.2, -0.15) is 0 Å². The van der Waals surface area contributed by atoms with Crippen LogP contribution >= 0.6 is 0 Å². The van der Waals surface area contributed by atoms with E-state index in [1.165, 1.54) is 69.5 Å². The molecule has 0 amide bonds. The van der Waals surface area contributed by atoms with Crippen LogP contribution in [0.4, 0.5) is 28.4 Å². The fourth-order valence-electron chi connectivity index (χ4n) is 8.60. The van der Waals surface area contributed by atoms with Crippen LogP contribution in [0, 0.1) is 5.92 Å². The third-order valence-electron chi connectivity index (χ3n) is 11.2. The number of rotatable bonds is 8. The Balaban J connectivity index is 0.965. The van der Waals surface area contributed by atoms with Gasteiger partial charge in [-0.05, 0) is 131 Å². The first-order chi connectivity index (χ1) is 26.1. The van der Waals surface area contributed by atoms with Crippen molar-refractivity contribution in [2.24, 2.45) is 5.92 Å². The average molecular weight is 685 g/mol. The minimum Gasteiger partial charge on any atom is -0.344 e. The fourth-order valence-corrected chi connectivity index (χ4v) is 8.60. The van der Waals surface area contributed by atoms with Crippen LogP contribution in [0.3, 0.4) is 0 Å². The van der Waals surface area contributed by atoms with E-state index in [0.29, 0.717) is 5.92 Å². The summed E-state index contributed by atoms with van der Waals surface area (Å²) in [6.07, 6.45) is 6.28. The molecule has 7 aromatic rings. The van der Waals surface area contributed by atoms with Crippen molar-refractivity contribution >= 4 is 34.5 Å². The molecule has 0 saturated heterocycles. The van der Waals surface area contributed by atoms with Crippen molar-refractivity contribution in [3.05, 3.63) is 193 Å². The highest BCUT2D eigenvalue weighted by molar-refractivity contribution is 5.84. The van der Waals surface area contributed by atoms with Gasteiger partial charge in [-0.15, -0.1) is 0 Å². The summed E-state index contributed by atoms with van der Waals surface area (Å²) in [5.41, 5.74) is 17.7. The molecule has 2 unspecified atom stereocenters. The Kier molecular flexibility index (Phi) is 8.73. The molecule has 1 saturated carbocycles. The maximum Gasteiger partial charge on any atom is 0.0487 e. The van der Waals surface area contributed by atoms with Crippen LogP contribution in [0.25, 0.3) is 39.5 Å². The SMILES string of the molecule is CC1CC2=Cc3cc(-c4ccc(N(c5ccccc5)c5ccc(-c6ccc(N(C)c7ccccc7-c7ccccc7)cc6)cc5)cc4)ccc3C(C2)C1. The van der Waals surface area contributed by atoms with Crippen LogP contribution in [-0.2, 0) is 0 Å². The molecule has 0 spiro atoms. The van der Waals surface area contributed by atoms with E-state index >= 15 is 0 Å². The molecule has 2 aliphatic rings. The molecule has 9 rings (SSSR count). The lowest BCUT2D eigenvalue weighted by atomic mass is 9.71. The zero-order valence-electron chi connectivity index (χ0n) is 30.5. The number of hydrogen-bond acceptors (Lipinski definition) is 2. The minimum absolute atomic E-state index is 0.686. The summed E-state index contributed by atoms with van der Waals surface area (Å²) in [5.74, 6) is 1.48. The lowest BCUT2D eigenvalue weighted by Crippen LogP contribution is -2.17. The zero-order chi connectivity index (χ0) is 35.7. The third-order valence-corrected chi connectivity index (χ3v) is 11.2. The largest absolute Gasteiger partial charge is 0.344 e. The summed E-state index contributed by atoms with van der Waals surface area (Å²) >= 11 is 0. The highest BCUT2D eigenvalue weighted by Crippen LogP contribution is 2.46. The Morgan fingerprint density at radius 2 is 1.00 bits per heavy atom. The monoisotopic (exact) mass is 684 g/mol. The summed E-state index contributed by atoms with van der Waals surface area (Å²) in [5, 5.41) is 0. The smallest absolute Gasteiger partial charge is 0.0487 e. The van der Waals surface area contributed by atoms with Crippen molar-refractivity contribution in [1.29, 1.82) is 0 Å². The minimum atomic E-state index is 0.686. The number of fused-ring (bicyclic) bond motifs is 4. The van der Waals surface area contributed by atoms with Crippen LogP contribution in [0.2, 0.25) is 0 Å².